The van der Waals surface area contributed by atoms with Crippen LogP contribution in [0, 0.1) is 0 Å². The first-order valence-electron chi connectivity index (χ1n) is 3.81. The number of benzene rings is 1. The van der Waals surface area contributed by atoms with E-state index in [2.05, 4.69) is 0 Å². The minimum atomic E-state index is -0.0287. The van der Waals surface area contributed by atoms with Crippen LogP contribution in [0.2, 0.25) is 0 Å². The summed E-state index contributed by atoms with van der Waals surface area (Å²) in [6, 6.07) is 6.45. The van der Waals surface area contributed by atoms with E-state index >= 15 is 0 Å². The molecule has 0 fully saturated rings. The fraction of sp³-hybridized carbons (Fsp3) is 0.111. The number of nitrogens with zero attached hydrogens (tertiary/aromatic N) is 1. The lowest BCUT2D eigenvalue weighted by molar-refractivity contribution is 0.152. The van der Waals surface area contributed by atoms with Gasteiger partial charge in [-0.05, 0) is 12.1 Å². The number of phenolic OH excluding ortho intramolecular Hbond substituents is 1. The van der Waals surface area contributed by atoms with Crippen molar-refractivity contribution in [2.45, 2.75) is 0 Å². The van der Waals surface area contributed by atoms with Gasteiger partial charge in [0.1, 0.15) is 12.9 Å². The maximum absolute atomic E-state index is 9.42. The fourth-order valence-corrected chi connectivity index (χ4v) is 1.37. The number of hydrogen-bond acceptors (Lipinski definition) is 3. The lowest BCUT2D eigenvalue weighted by atomic mass is 10.2. The van der Waals surface area contributed by atoms with Crippen molar-refractivity contribution >= 4 is 10.9 Å². The van der Waals surface area contributed by atoms with Crippen molar-refractivity contribution in [3.63, 3.8) is 0 Å². The van der Waals surface area contributed by atoms with Gasteiger partial charge >= 0.3 is 0 Å². The molecule has 0 atom stereocenters. The Morgan fingerprint density at radius 1 is 1.31 bits per heavy atom. The Morgan fingerprint density at radius 3 is 2.77 bits per heavy atom. The molecule has 0 saturated carbocycles. The molecular weight excluding hydrogens is 170 g/mol. The van der Waals surface area contributed by atoms with Gasteiger partial charge in [0.25, 0.3) is 0 Å². The zero-order valence-corrected chi connectivity index (χ0v) is 7.06. The number of fused-ring (bicyclic) bond motifs is 1. The highest BCUT2D eigenvalue weighted by Gasteiger charge is 2.09. The van der Waals surface area contributed by atoms with Gasteiger partial charge in [-0.25, -0.2) is 0 Å². The molecule has 0 unspecified atom stereocenters. The molecule has 0 aliphatic heterocycles. The number of rotatable bonds is 1. The Hall–Kier alpha value is -1.84. The molecule has 4 heteroatoms. The summed E-state index contributed by atoms with van der Waals surface area (Å²) in [6.07, 6.45) is 0. The second-order valence-corrected chi connectivity index (χ2v) is 2.69. The normalized spacial score (nSPS) is 10.5. The predicted molar refractivity (Wildman–Crippen MR) is 47.8 cm³/mol. The van der Waals surface area contributed by atoms with Gasteiger partial charge in [0.15, 0.2) is 0 Å². The molecule has 2 N–H and O–H groups in total. The molecule has 1 aromatic heterocycles. The Morgan fingerprint density at radius 2 is 2.08 bits per heavy atom. The summed E-state index contributed by atoms with van der Waals surface area (Å²) in [6.45, 7) is 0. The Kier molecular flexibility index (Phi) is 1.55. The van der Waals surface area contributed by atoms with Crippen LogP contribution in [0.15, 0.2) is 24.3 Å². The summed E-state index contributed by atoms with van der Waals surface area (Å²) in [5.74, 6) is 0.0996. The summed E-state index contributed by atoms with van der Waals surface area (Å²) in [4.78, 5) is 4.91. The van der Waals surface area contributed by atoms with Crippen LogP contribution in [0.4, 0.5) is 0 Å². The molecule has 1 aromatic carbocycles. The van der Waals surface area contributed by atoms with Gasteiger partial charge in [-0.15, -0.1) is 4.73 Å². The smallest absolute Gasteiger partial charge is 0.226 e. The van der Waals surface area contributed by atoms with Gasteiger partial charge in [-0.3, -0.25) is 0 Å². The van der Waals surface area contributed by atoms with Gasteiger partial charge in [0.05, 0.1) is 5.52 Å². The van der Waals surface area contributed by atoms with E-state index in [1.54, 1.807) is 18.2 Å². The van der Waals surface area contributed by atoms with Crippen molar-refractivity contribution in [3.8, 4) is 11.6 Å². The van der Waals surface area contributed by atoms with Gasteiger partial charge in [-0.1, -0.05) is 6.07 Å². The highest BCUT2D eigenvalue weighted by atomic mass is 16.7. The molecule has 0 aliphatic carbocycles. The number of aromatic nitrogens is 1. The van der Waals surface area contributed by atoms with Gasteiger partial charge in [-0.2, -0.15) is 0 Å². The summed E-state index contributed by atoms with van der Waals surface area (Å²) in [5.41, 5.74) is 0.639. The van der Waals surface area contributed by atoms with Crippen LogP contribution in [0.5, 0.6) is 11.6 Å². The van der Waals surface area contributed by atoms with Crippen LogP contribution >= 0.6 is 0 Å². The molecule has 0 aliphatic rings. The van der Waals surface area contributed by atoms with Crippen molar-refractivity contribution in [3.05, 3.63) is 24.3 Å². The molecule has 0 radical (unpaired) electrons. The monoisotopic (exact) mass is 179 g/mol. The van der Waals surface area contributed by atoms with Crippen LogP contribution in [0.3, 0.4) is 0 Å². The second kappa shape index (κ2) is 2.58. The number of hydrogen-bond donors (Lipinski definition) is 2. The summed E-state index contributed by atoms with van der Waals surface area (Å²) < 4.78 is 1.25. The van der Waals surface area contributed by atoms with E-state index in [0.29, 0.717) is 10.9 Å². The Labute approximate surface area is 74.6 Å². The molecule has 0 amide bonds. The van der Waals surface area contributed by atoms with Crippen LogP contribution in [0.25, 0.3) is 10.9 Å². The third-order valence-electron chi connectivity index (χ3n) is 1.94. The Bertz CT molecular complexity index is 447. The van der Waals surface area contributed by atoms with E-state index in [9.17, 15) is 10.2 Å². The van der Waals surface area contributed by atoms with E-state index in [-0.39, 0.29) is 11.6 Å². The average Bonchev–Trinajstić information content (AvgIpc) is 2.43. The third-order valence-corrected chi connectivity index (χ3v) is 1.94. The first-order chi connectivity index (χ1) is 6.24. The first kappa shape index (κ1) is 7.79. The fourth-order valence-electron chi connectivity index (χ4n) is 1.37. The quantitative estimate of drug-likeness (QED) is 0.689. The molecule has 2 rings (SSSR count). The Balaban J connectivity index is 2.86. The van der Waals surface area contributed by atoms with Gasteiger partial charge < -0.3 is 15.1 Å². The van der Waals surface area contributed by atoms with Crippen molar-refractivity contribution in [1.29, 1.82) is 0 Å². The lowest BCUT2D eigenvalue weighted by Crippen LogP contribution is -2.03. The number of phenols is 1. The lowest BCUT2D eigenvalue weighted by Gasteiger charge is -2.02. The van der Waals surface area contributed by atoms with E-state index in [1.165, 1.54) is 17.9 Å². The molecule has 2 aromatic rings. The van der Waals surface area contributed by atoms with E-state index in [0.717, 1.165) is 0 Å². The molecule has 68 valence electrons. The van der Waals surface area contributed by atoms with Gasteiger partial charge in [0, 0.05) is 11.5 Å². The van der Waals surface area contributed by atoms with E-state index in [4.69, 9.17) is 4.84 Å². The van der Waals surface area contributed by atoms with Gasteiger partial charge in [0.2, 0.25) is 5.88 Å². The molecule has 1 heterocycles. The van der Waals surface area contributed by atoms with Crippen LogP contribution in [-0.4, -0.2) is 22.1 Å². The minimum absolute atomic E-state index is 0.0287. The first-order valence-corrected chi connectivity index (χ1v) is 3.81. The molecule has 13 heavy (non-hydrogen) atoms. The standard InChI is InChI=1S/C9H9NO3/c1-13-10-7-3-2-4-8(11)6(7)5-9(10)12/h2-5,11-12H,1H3. The van der Waals surface area contributed by atoms with E-state index in [1.807, 2.05) is 0 Å². The van der Waals surface area contributed by atoms with Crippen molar-refractivity contribution in [2.75, 3.05) is 7.11 Å². The average molecular weight is 179 g/mol. The molecular formula is C9H9NO3. The molecule has 0 bridgehead atoms. The zero-order chi connectivity index (χ0) is 9.42. The van der Waals surface area contributed by atoms with Crippen LogP contribution < -0.4 is 4.84 Å². The van der Waals surface area contributed by atoms with Crippen molar-refractivity contribution < 1.29 is 15.1 Å². The summed E-state index contributed by atoms with van der Waals surface area (Å²) in [5, 5.41) is 19.4. The topological polar surface area (TPSA) is 54.6 Å². The molecule has 0 spiro atoms. The summed E-state index contributed by atoms with van der Waals surface area (Å²) >= 11 is 0. The van der Waals surface area contributed by atoms with Crippen LogP contribution in [0.1, 0.15) is 0 Å². The second-order valence-electron chi connectivity index (χ2n) is 2.69. The maximum Gasteiger partial charge on any atom is 0.226 e. The van der Waals surface area contributed by atoms with Crippen molar-refractivity contribution in [2.24, 2.45) is 0 Å². The van der Waals surface area contributed by atoms with Crippen molar-refractivity contribution in [1.82, 2.24) is 4.73 Å². The predicted octanol–water partition coefficient (Wildman–Crippen LogP) is 1.11. The largest absolute Gasteiger partial charge is 0.507 e. The molecule has 4 nitrogen and oxygen atoms in total. The summed E-state index contributed by atoms with van der Waals surface area (Å²) in [7, 11) is 1.45. The third kappa shape index (κ3) is 0.989. The minimum Gasteiger partial charge on any atom is -0.507 e. The zero-order valence-electron chi connectivity index (χ0n) is 7.06. The SMILES string of the molecule is COn1c(O)cc2c(O)cccc21. The van der Waals surface area contributed by atoms with Crippen LogP contribution in [-0.2, 0) is 0 Å². The maximum atomic E-state index is 9.42. The molecule has 0 saturated heterocycles. The van der Waals surface area contributed by atoms with E-state index < -0.39 is 0 Å². The number of aromatic hydroxyl groups is 2. The highest BCUT2D eigenvalue weighted by Crippen LogP contribution is 2.29. The highest BCUT2D eigenvalue weighted by molar-refractivity contribution is 5.87.